The number of rotatable bonds is 13. The molecule has 0 spiro atoms. The average molecular weight is 673 g/mol. The molecule has 0 bridgehead atoms. The van der Waals surface area contributed by atoms with Crippen molar-refractivity contribution in [3.05, 3.63) is 61.8 Å². The lowest BCUT2D eigenvalue weighted by atomic mass is 9.95. The summed E-state index contributed by atoms with van der Waals surface area (Å²) in [6.45, 7) is 7.00. The largest absolute Gasteiger partial charge is 0.462 e. The summed E-state index contributed by atoms with van der Waals surface area (Å²) >= 11 is 2.15. The fourth-order valence-electron chi connectivity index (χ4n) is 5.08. The maximum absolute atomic E-state index is 13.4. The molecule has 1 unspecified atom stereocenters. The molecule has 1 aliphatic rings. The SMILES string of the molecule is CCOC(=O)c1sc(NC(=O)C(C)Sc2nnc(CNC(=O)c3ccc([N+](=O)[O-])cc3)n2C2CCCCC2)c(C(=O)OCC)c1C. The van der Waals surface area contributed by atoms with E-state index in [0.717, 1.165) is 43.4 Å². The number of hydrogen-bond donors (Lipinski definition) is 2. The van der Waals surface area contributed by atoms with Gasteiger partial charge in [-0.3, -0.25) is 19.7 Å². The number of benzene rings is 1. The Morgan fingerprint density at radius 2 is 1.72 bits per heavy atom. The minimum Gasteiger partial charge on any atom is -0.462 e. The minimum atomic E-state index is -0.683. The number of thiophene rings is 1. The second-order valence-corrected chi connectivity index (χ2v) is 12.8. The van der Waals surface area contributed by atoms with E-state index in [0.29, 0.717) is 16.5 Å². The van der Waals surface area contributed by atoms with Gasteiger partial charge in [0.15, 0.2) is 11.0 Å². The fourth-order valence-corrected chi connectivity index (χ4v) is 7.11. The summed E-state index contributed by atoms with van der Waals surface area (Å²) in [5, 5.41) is 25.3. The average Bonchev–Trinajstić information content (AvgIpc) is 3.60. The molecular weight excluding hydrogens is 636 g/mol. The molecule has 4 rings (SSSR count). The van der Waals surface area contributed by atoms with Crippen LogP contribution in [0.2, 0.25) is 0 Å². The van der Waals surface area contributed by atoms with E-state index in [2.05, 4.69) is 20.8 Å². The molecule has 3 aromatic rings. The minimum absolute atomic E-state index is 0.0640. The van der Waals surface area contributed by atoms with Crippen LogP contribution in [0.5, 0.6) is 0 Å². The molecule has 46 heavy (non-hydrogen) atoms. The molecule has 2 aromatic heterocycles. The first-order valence-electron chi connectivity index (χ1n) is 15.0. The molecule has 0 radical (unpaired) electrons. The van der Waals surface area contributed by atoms with Gasteiger partial charge in [0.05, 0.1) is 35.5 Å². The second kappa shape index (κ2) is 15.8. The van der Waals surface area contributed by atoms with Crippen LogP contribution in [0.15, 0.2) is 29.4 Å². The van der Waals surface area contributed by atoms with Crippen molar-refractivity contribution in [3.8, 4) is 0 Å². The first kappa shape index (κ1) is 34.6. The van der Waals surface area contributed by atoms with Crippen molar-refractivity contribution in [3.63, 3.8) is 0 Å². The van der Waals surface area contributed by atoms with Crippen LogP contribution >= 0.6 is 23.1 Å². The van der Waals surface area contributed by atoms with Crippen LogP contribution in [0.4, 0.5) is 10.7 Å². The van der Waals surface area contributed by atoms with Gasteiger partial charge in [0.1, 0.15) is 9.88 Å². The number of esters is 2. The van der Waals surface area contributed by atoms with E-state index in [1.165, 1.54) is 36.0 Å². The number of carbonyl (C=O) groups is 4. The topological polar surface area (TPSA) is 185 Å². The van der Waals surface area contributed by atoms with E-state index < -0.39 is 33.9 Å². The standard InChI is InChI=1S/C30H36N6O8S2/c1-5-43-28(39)23-17(3)24(29(40)44-6-2)46-27(23)32-25(37)18(4)45-30-34-33-22(35(30)20-10-8-7-9-11-20)16-31-26(38)19-12-14-21(15-13-19)36(41)42/h12-15,18,20H,5-11,16H2,1-4H3,(H,31,38)(H,32,37). The Morgan fingerprint density at radius 1 is 1.07 bits per heavy atom. The number of thioether (sulfide) groups is 1. The molecule has 2 N–H and O–H groups in total. The number of carbonyl (C=O) groups excluding carboxylic acids is 4. The maximum atomic E-state index is 13.4. The number of nitrogens with zero attached hydrogens (tertiary/aromatic N) is 4. The van der Waals surface area contributed by atoms with Gasteiger partial charge in [-0.2, -0.15) is 0 Å². The first-order valence-corrected chi connectivity index (χ1v) is 16.7. The molecule has 0 aliphatic heterocycles. The van der Waals surface area contributed by atoms with Crippen LogP contribution in [0.1, 0.15) is 101 Å². The lowest BCUT2D eigenvalue weighted by Crippen LogP contribution is -2.27. The highest BCUT2D eigenvalue weighted by Gasteiger charge is 2.30. The summed E-state index contributed by atoms with van der Waals surface area (Å²) in [5.74, 6) is -1.55. The molecule has 1 aromatic carbocycles. The molecule has 1 saturated carbocycles. The van der Waals surface area contributed by atoms with E-state index in [1.807, 2.05) is 4.57 Å². The van der Waals surface area contributed by atoms with Crippen molar-refractivity contribution in [1.82, 2.24) is 20.1 Å². The van der Waals surface area contributed by atoms with Gasteiger partial charge in [0.25, 0.3) is 11.6 Å². The Labute approximate surface area is 273 Å². The van der Waals surface area contributed by atoms with Gasteiger partial charge in [0.2, 0.25) is 5.91 Å². The molecule has 2 amide bonds. The highest BCUT2D eigenvalue weighted by molar-refractivity contribution is 8.00. The van der Waals surface area contributed by atoms with Crippen molar-refractivity contribution in [2.45, 2.75) is 82.8 Å². The Kier molecular flexibility index (Phi) is 11.9. The van der Waals surface area contributed by atoms with Crippen LogP contribution in [-0.2, 0) is 20.8 Å². The van der Waals surface area contributed by atoms with Crippen LogP contribution in [0.3, 0.4) is 0 Å². The number of hydrogen-bond acceptors (Lipinski definition) is 12. The van der Waals surface area contributed by atoms with E-state index in [9.17, 15) is 29.3 Å². The van der Waals surface area contributed by atoms with Gasteiger partial charge in [-0.1, -0.05) is 31.0 Å². The van der Waals surface area contributed by atoms with Gasteiger partial charge in [0, 0.05) is 23.7 Å². The van der Waals surface area contributed by atoms with Crippen molar-refractivity contribution >= 4 is 57.5 Å². The zero-order valence-electron chi connectivity index (χ0n) is 26.0. The van der Waals surface area contributed by atoms with E-state index >= 15 is 0 Å². The summed E-state index contributed by atoms with van der Waals surface area (Å²) in [6.07, 6.45) is 4.94. The number of aromatic nitrogens is 3. The van der Waals surface area contributed by atoms with Crippen molar-refractivity contribution in [2.75, 3.05) is 18.5 Å². The maximum Gasteiger partial charge on any atom is 0.348 e. The lowest BCUT2D eigenvalue weighted by Gasteiger charge is -2.26. The number of amides is 2. The number of ether oxygens (including phenoxy) is 2. The highest BCUT2D eigenvalue weighted by Crippen LogP contribution is 2.37. The zero-order chi connectivity index (χ0) is 33.4. The third kappa shape index (κ3) is 8.09. The first-order chi connectivity index (χ1) is 22.0. The molecular formula is C30H36N6O8S2. The molecule has 1 atom stereocenters. The summed E-state index contributed by atoms with van der Waals surface area (Å²) < 4.78 is 12.3. The number of nitro groups is 1. The van der Waals surface area contributed by atoms with Gasteiger partial charge < -0.3 is 24.7 Å². The number of nitrogens with one attached hydrogen (secondary N) is 2. The Bertz CT molecular complexity index is 1600. The summed E-state index contributed by atoms with van der Waals surface area (Å²) in [7, 11) is 0. The molecule has 1 fully saturated rings. The lowest BCUT2D eigenvalue weighted by molar-refractivity contribution is -0.384. The van der Waals surface area contributed by atoms with E-state index in [1.54, 1.807) is 27.7 Å². The third-order valence-electron chi connectivity index (χ3n) is 7.40. The van der Waals surface area contributed by atoms with Gasteiger partial charge >= 0.3 is 11.9 Å². The number of anilines is 1. The summed E-state index contributed by atoms with van der Waals surface area (Å²) in [5.41, 5.74) is 0.636. The van der Waals surface area contributed by atoms with Gasteiger partial charge in [-0.05, 0) is 58.2 Å². The van der Waals surface area contributed by atoms with Crippen LogP contribution in [0.25, 0.3) is 0 Å². The van der Waals surface area contributed by atoms with Crippen molar-refractivity contribution in [1.29, 1.82) is 0 Å². The van der Waals surface area contributed by atoms with Gasteiger partial charge in [-0.15, -0.1) is 21.5 Å². The van der Waals surface area contributed by atoms with Crippen molar-refractivity contribution < 1.29 is 33.6 Å². The Balaban J connectivity index is 1.52. The van der Waals surface area contributed by atoms with Gasteiger partial charge in [-0.25, -0.2) is 9.59 Å². The van der Waals surface area contributed by atoms with Crippen molar-refractivity contribution in [2.24, 2.45) is 0 Å². The Morgan fingerprint density at radius 3 is 2.35 bits per heavy atom. The molecule has 2 heterocycles. The van der Waals surface area contributed by atoms with E-state index in [4.69, 9.17) is 9.47 Å². The molecule has 246 valence electrons. The van der Waals surface area contributed by atoms with E-state index in [-0.39, 0.29) is 52.5 Å². The predicted molar refractivity (Wildman–Crippen MR) is 171 cm³/mol. The normalized spacial score (nSPS) is 13.9. The molecule has 1 aliphatic carbocycles. The third-order valence-corrected chi connectivity index (χ3v) is 9.64. The smallest absolute Gasteiger partial charge is 0.348 e. The number of nitro benzene ring substituents is 1. The number of non-ortho nitro benzene ring substituents is 1. The quantitative estimate of drug-likeness (QED) is 0.102. The molecule has 16 heteroatoms. The highest BCUT2D eigenvalue weighted by atomic mass is 32.2. The second-order valence-electron chi connectivity index (χ2n) is 10.5. The van der Waals surface area contributed by atoms with Crippen LogP contribution < -0.4 is 10.6 Å². The summed E-state index contributed by atoms with van der Waals surface area (Å²) in [6, 6.07) is 5.39. The monoisotopic (exact) mass is 672 g/mol. The van der Waals surface area contributed by atoms with Crippen LogP contribution in [-0.4, -0.2) is 61.9 Å². The Hall–Kier alpha value is -4.31. The predicted octanol–water partition coefficient (Wildman–Crippen LogP) is 5.46. The zero-order valence-corrected chi connectivity index (χ0v) is 27.6. The van der Waals surface area contributed by atoms with Crippen LogP contribution in [0, 0.1) is 17.0 Å². The fraction of sp³-hybridized carbons (Fsp3) is 0.467. The molecule has 0 saturated heterocycles. The summed E-state index contributed by atoms with van der Waals surface area (Å²) in [4.78, 5) is 62.2. The molecule has 14 nitrogen and oxygen atoms in total.